The van der Waals surface area contributed by atoms with Gasteiger partial charge in [-0.25, -0.2) is 4.57 Å². The number of hydrogen-bond donors (Lipinski definition) is 3. The number of rotatable bonds is 46. The molecule has 10 heteroatoms. The second-order valence-corrected chi connectivity index (χ2v) is 17.9. The first kappa shape index (κ1) is 58.0. The Bertz CT molecular complexity index is 1120. The first-order valence-corrected chi connectivity index (χ1v) is 26.1. The Kier molecular flexibility index (Phi) is 44.9. The van der Waals surface area contributed by atoms with Crippen LogP contribution in [0.15, 0.2) is 48.6 Å². The van der Waals surface area contributed by atoms with Crippen LogP contribution >= 0.6 is 7.82 Å². The molecule has 3 N–H and O–H groups in total. The standard InChI is InChI=1S/C50H92NO8P/c1-3-5-7-9-11-13-15-17-19-21-23-25-27-29-31-33-35-37-39-41-43-50(54)57-46-48(52)47-59-60(55,56)58-45-44-51-49(53)42-40-38-36-34-32-30-28-26-24-22-20-18-16-14-12-10-8-6-4-2/h12,14,18,20,24,26,30,32,48,52H,3-11,13,15-17,19,21-23,25,27-29,31,33-47H2,1-2H3,(H,51,53)(H,55,56)/b14-12-,20-18-,26-24-,32-30-. The molecular formula is C50H92NO8P. The van der Waals surface area contributed by atoms with Crippen LogP contribution in [0.1, 0.15) is 226 Å². The predicted octanol–water partition coefficient (Wildman–Crippen LogP) is 14.3. The highest BCUT2D eigenvalue weighted by Crippen LogP contribution is 2.42. The zero-order chi connectivity index (χ0) is 43.9. The molecule has 9 nitrogen and oxygen atoms in total. The van der Waals surface area contributed by atoms with Crippen LogP contribution in [0, 0.1) is 0 Å². The van der Waals surface area contributed by atoms with Crippen molar-refractivity contribution in [2.24, 2.45) is 0 Å². The van der Waals surface area contributed by atoms with E-state index in [0.29, 0.717) is 6.42 Å². The van der Waals surface area contributed by atoms with Crippen molar-refractivity contribution in [2.75, 3.05) is 26.4 Å². The molecule has 0 radical (unpaired) electrons. The van der Waals surface area contributed by atoms with Gasteiger partial charge in [0.2, 0.25) is 5.91 Å². The highest BCUT2D eigenvalue weighted by molar-refractivity contribution is 7.47. The van der Waals surface area contributed by atoms with Gasteiger partial charge < -0.3 is 20.1 Å². The van der Waals surface area contributed by atoms with E-state index in [4.69, 9.17) is 13.8 Å². The Morgan fingerprint density at radius 2 is 0.900 bits per heavy atom. The first-order chi connectivity index (χ1) is 29.3. The summed E-state index contributed by atoms with van der Waals surface area (Å²) in [6, 6.07) is 0. The van der Waals surface area contributed by atoms with Gasteiger partial charge in [0.25, 0.3) is 0 Å². The number of phosphoric acid groups is 1. The van der Waals surface area contributed by atoms with Gasteiger partial charge in [0.15, 0.2) is 0 Å². The number of esters is 1. The number of carbonyl (C=O) groups excluding carboxylic acids is 2. The van der Waals surface area contributed by atoms with Gasteiger partial charge in [-0.2, -0.15) is 0 Å². The van der Waals surface area contributed by atoms with Crippen LogP contribution in [0.25, 0.3) is 0 Å². The van der Waals surface area contributed by atoms with Gasteiger partial charge in [-0.05, 0) is 57.8 Å². The lowest BCUT2D eigenvalue weighted by atomic mass is 10.0. The maximum atomic E-state index is 12.1. The number of carbonyl (C=O) groups is 2. The lowest BCUT2D eigenvalue weighted by Crippen LogP contribution is -2.27. The van der Waals surface area contributed by atoms with Crippen molar-refractivity contribution < 1.29 is 37.9 Å². The Hall–Kier alpha value is -2.03. The average Bonchev–Trinajstić information content (AvgIpc) is 3.23. The summed E-state index contributed by atoms with van der Waals surface area (Å²) in [6.45, 7) is 3.51. The van der Waals surface area contributed by atoms with Gasteiger partial charge in [-0.3, -0.25) is 18.6 Å². The van der Waals surface area contributed by atoms with E-state index in [-0.39, 0.29) is 32.1 Å². The fourth-order valence-corrected chi connectivity index (χ4v) is 7.53. The number of hydrogen-bond acceptors (Lipinski definition) is 7. The van der Waals surface area contributed by atoms with Crippen molar-refractivity contribution in [3.05, 3.63) is 48.6 Å². The summed E-state index contributed by atoms with van der Waals surface area (Å²) in [5.41, 5.74) is 0. The second-order valence-electron chi connectivity index (χ2n) is 16.4. The number of aliphatic hydroxyl groups excluding tert-OH is 1. The SMILES string of the molecule is CCCCC/C=C\C/C=C\C/C=C\C/C=C\CCCCCC(=O)NCCOP(=O)(O)OCC(O)COC(=O)CCCCCCCCCCCCCCCCCCCCCC. The van der Waals surface area contributed by atoms with E-state index in [0.717, 1.165) is 64.2 Å². The Labute approximate surface area is 368 Å². The molecule has 1 amide bonds. The summed E-state index contributed by atoms with van der Waals surface area (Å²) in [5.74, 6) is -0.542. The number of amides is 1. The number of nitrogens with one attached hydrogen (secondary N) is 1. The van der Waals surface area contributed by atoms with Crippen LogP contribution in [-0.4, -0.2) is 54.3 Å². The van der Waals surface area contributed by atoms with Crippen molar-refractivity contribution in [2.45, 2.75) is 232 Å². The molecular weight excluding hydrogens is 774 g/mol. The van der Waals surface area contributed by atoms with E-state index in [1.54, 1.807) is 0 Å². The van der Waals surface area contributed by atoms with E-state index in [9.17, 15) is 24.2 Å². The molecule has 0 aromatic carbocycles. The highest BCUT2D eigenvalue weighted by Gasteiger charge is 2.23. The van der Waals surface area contributed by atoms with Gasteiger partial charge in [0, 0.05) is 19.4 Å². The third kappa shape index (κ3) is 47.0. The van der Waals surface area contributed by atoms with Gasteiger partial charge in [-0.15, -0.1) is 0 Å². The molecule has 2 atom stereocenters. The number of ether oxygens (including phenoxy) is 1. The summed E-state index contributed by atoms with van der Waals surface area (Å²) in [4.78, 5) is 34.0. The van der Waals surface area contributed by atoms with E-state index >= 15 is 0 Å². The number of phosphoric ester groups is 1. The normalized spacial score (nSPS) is 13.6. The minimum absolute atomic E-state index is 0.0641. The second kappa shape index (κ2) is 46.5. The van der Waals surface area contributed by atoms with Crippen LogP contribution in [0.3, 0.4) is 0 Å². The van der Waals surface area contributed by atoms with Crippen molar-refractivity contribution in [1.29, 1.82) is 0 Å². The zero-order valence-electron chi connectivity index (χ0n) is 38.7. The smallest absolute Gasteiger partial charge is 0.463 e. The molecule has 0 bridgehead atoms. The Balaban J connectivity index is 3.60. The molecule has 0 rings (SSSR count). The number of unbranched alkanes of at least 4 members (excludes halogenated alkanes) is 25. The first-order valence-electron chi connectivity index (χ1n) is 24.6. The topological polar surface area (TPSA) is 131 Å². The minimum atomic E-state index is -4.43. The summed E-state index contributed by atoms with van der Waals surface area (Å²) < 4.78 is 26.9. The number of allylic oxidation sites excluding steroid dienone is 8. The molecule has 0 aromatic heterocycles. The zero-order valence-corrected chi connectivity index (χ0v) is 39.5. The fourth-order valence-electron chi connectivity index (χ4n) is 6.78. The molecule has 0 saturated carbocycles. The van der Waals surface area contributed by atoms with Crippen LogP contribution in [-0.2, 0) is 27.9 Å². The van der Waals surface area contributed by atoms with Crippen LogP contribution < -0.4 is 5.32 Å². The maximum absolute atomic E-state index is 12.1. The lowest BCUT2D eigenvalue weighted by molar-refractivity contribution is -0.147. The van der Waals surface area contributed by atoms with E-state index in [1.807, 2.05) is 0 Å². The number of aliphatic hydroxyl groups is 1. The Morgan fingerprint density at radius 3 is 1.38 bits per heavy atom. The molecule has 2 unspecified atom stereocenters. The van der Waals surface area contributed by atoms with Gasteiger partial charge >= 0.3 is 13.8 Å². The summed E-state index contributed by atoms with van der Waals surface area (Å²) in [6.07, 6.45) is 54.8. The largest absolute Gasteiger partial charge is 0.472 e. The lowest BCUT2D eigenvalue weighted by Gasteiger charge is -2.15. The van der Waals surface area contributed by atoms with E-state index in [1.165, 1.54) is 135 Å². The molecule has 0 fully saturated rings. The van der Waals surface area contributed by atoms with Crippen LogP contribution in [0.4, 0.5) is 0 Å². The molecule has 0 saturated heterocycles. The molecule has 350 valence electrons. The van der Waals surface area contributed by atoms with Crippen LogP contribution in [0.2, 0.25) is 0 Å². The molecule has 0 aliphatic rings. The van der Waals surface area contributed by atoms with Crippen molar-refractivity contribution in [1.82, 2.24) is 5.32 Å². The predicted molar refractivity (Wildman–Crippen MR) is 252 cm³/mol. The fraction of sp³-hybridized carbons (Fsp3) is 0.800. The van der Waals surface area contributed by atoms with E-state index in [2.05, 4.69) is 67.8 Å². The van der Waals surface area contributed by atoms with E-state index < -0.39 is 26.5 Å². The van der Waals surface area contributed by atoms with Gasteiger partial charge in [-0.1, -0.05) is 204 Å². The third-order valence-electron chi connectivity index (χ3n) is 10.5. The molecule has 0 aliphatic heterocycles. The third-order valence-corrected chi connectivity index (χ3v) is 11.5. The molecule has 0 spiro atoms. The molecule has 0 aromatic rings. The monoisotopic (exact) mass is 866 g/mol. The van der Waals surface area contributed by atoms with Crippen molar-refractivity contribution >= 4 is 19.7 Å². The Morgan fingerprint density at radius 1 is 0.517 bits per heavy atom. The summed E-state index contributed by atoms with van der Waals surface area (Å²) in [7, 11) is -4.43. The highest BCUT2D eigenvalue weighted by atomic mass is 31.2. The molecule has 60 heavy (non-hydrogen) atoms. The minimum Gasteiger partial charge on any atom is -0.463 e. The average molecular weight is 866 g/mol. The molecule has 0 aliphatic carbocycles. The van der Waals surface area contributed by atoms with Gasteiger partial charge in [0.1, 0.15) is 12.7 Å². The van der Waals surface area contributed by atoms with Gasteiger partial charge in [0.05, 0.1) is 13.2 Å². The molecule has 0 heterocycles. The van der Waals surface area contributed by atoms with Crippen LogP contribution in [0.5, 0.6) is 0 Å². The van der Waals surface area contributed by atoms with Crippen molar-refractivity contribution in [3.63, 3.8) is 0 Å². The quantitative estimate of drug-likeness (QED) is 0.0239. The van der Waals surface area contributed by atoms with Crippen molar-refractivity contribution in [3.8, 4) is 0 Å². The summed E-state index contributed by atoms with van der Waals surface area (Å²) >= 11 is 0. The summed E-state index contributed by atoms with van der Waals surface area (Å²) in [5, 5.41) is 12.7. The maximum Gasteiger partial charge on any atom is 0.472 e.